The van der Waals surface area contributed by atoms with E-state index < -0.39 is 0 Å². The van der Waals surface area contributed by atoms with Gasteiger partial charge >= 0.3 is 0 Å². The van der Waals surface area contributed by atoms with E-state index in [1.165, 1.54) is 10.4 Å². The van der Waals surface area contributed by atoms with Gasteiger partial charge in [0.25, 0.3) is 11.8 Å². The van der Waals surface area contributed by atoms with Gasteiger partial charge in [0.05, 0.1) is 5.56 Å². The Morgan fingerprint density at radius 3 is 2.70 bits per heavy atom. The van der Waals surface area contributed by atoms with Gasteiger partial charge in [0.2, 0.25) is 0 Å². The standard InChI is InChI=1S/C23H23N3O2S2/c1-14-4-5-15(21(27)24-16-6-7-16)12-18(14)25-22(28)20-17-8-11-29-13-19(17)30-23(20)26-9-2-3-10-26/h2-5,9-10,12,16H,6-8,11,13H2,1H3,(H,24,27)(H,25,28). The Bertz CT molecular complexity index is 1110. The number of amides is 2. The maximum absolute atomic E-state index is 13.5. The summed E-state index contributed by atoms with van der Waals surface area (Å²) in [5.41, 5.74) is 4.14. The lowest BCUT2D eigenvalue weighted by atomic mass is 10.1. The van der Waals surface area contributed by atoms with Crippen LogP contribution in [0.2, 0.25) is 0 Å². The first kappa shape index (κ1) is 19.5. The topological polar surface area (TPSA) is 63.1 Å². The maximum atomic E-state index is 13.5. The van der Waals surface area contributed by atoms with Crippen molar-refractivity contribution in [3.63, 3.8) is 0 Å². The highest BCUT2D eigenvalue weighted by molar-refractivity contribution is 7.98. The first-order chi connectivity index (χ1) is 14.6. The normalized spacial score (nSPS) is 15.5. The van der Waals surface area contributed by atoms with Crippen LogP contribution in [0.1, 0.15) is 49.6 Å². The Morgan fingerprint density at radius 2 is 1.93 bits per heavy atom. The summed E-state index contributed by atoms with van der Waals surface area (Å²) in [7, 11) is 0. The number of aryl methyl sites for hydroxylation is 1. The molecule has 3 aromatic rings. The minimum Gasteiger partial charge on any atom is -0.349 e. The summed E-state index contributed by atoms with van der Waals surface area (Å²) in [6, 6.07) is 9.75. The van der Waals surface area contributed by atoms with Gasteiger partial charge in [-0.3, -0.25) is 9.59 Å². The number of carbonyl (C=O) groups excluding carboxylic acids is 2. The molecular weight excluding hydrogens is 414 g/mol. The molecule has 0 atom stereocenters. The number of hydrogen-bond acceptors (Lipinski definition) is 4. The molecule has 0 radical (unpaired) electrons. The van der Waals surface area contributed by atoms with Crippen LogP contribution in [-0.2, 0) is 12.2 Å². The Kier molecular flexibility index (Phi) is 5.16. The van der Waals surface area contributed by atoms with E-state index in [2.05, 4.69) is 10.6 Å². The van der Waals surface area contributed by atoms with Crippen molar-refractivity contribution >= 4 is 40.6 Å². The summed E-state index contributed by atoms with van der Waals surface area (Å²) in [6.07, 6.45) is 6.96. The molecule has 2 aliphatic rings. The highest BCUT2D eigenvalue weighted by atomic mass is 32.2. The predicted octanol–water partition coefficient (Wildman–Crippen LogP) is 4.78. The first-order valence-corrected chi connectivity index (χ1v) is 12.2. The summed E-state index contributed by atoms with van der Waals surface area (Å²) in [6.45, 7) is 1.95. The van der Waals surface area contributed by atoms with Crippen molar-refractivity contribution in [1.82, 2.24) is 9.88 Å². The fourth-order valence-electron chi connectivity index (χ4n) is 3.68. The van der Waals surface area contributed by atoms with Crippen LogP contribution in [0, 0.1) is 6.92 Å². The molecule has 1 saturated carbocycles. The summed E-state index contributed by atoms with van der Waals surface area (Å²) < 4.78 is 2.02. The molecule has 2 aromatic heterocycles. The van der Waals surface area contributed by atoms with Crippen LogP contribution >= 0.6 is 23.1 Å². The summed E-state index contributed by atoms with van der Waals surface area (Å²) in [5, 5.41) is 7.07. The lowest BCUT2D eigenvalue weighted by Crippen LogP contribution is -2.25. The largest absolute Gasteiger partial charge is 0.349 e. The van der Waals surface area contributed by atoms with Gasteiger partial charge in [-0.25, -0.2) is 0 Å². The van der Waals surface area contributed by atoms with Crippen LogP contribution in [0.25, 0.3) is 5.00 Å². The van der Waals surface area contributed by atoms with Crippen LogP contribution < -0.4 is 10.6 Å². The third-order valence-corrected chi connectivity index (χ3v) is 7.94. The van der Waals surface area contributed by atoms with Crippen molar-refractivity contribution in [2.75, 3.05) is 11.1 Å². The molecule has 1 fully saturated rings. The number of carbonyl (C=O) groups is 2. The molecule has 7 heteroatoms. The molecule has 154 valence electrons. The van der Waals surface area contributed by atoms with Gasteiger partial charge < -0.3 is 15.2 Å². The number of nitrogens with zero attached hydrogens (tertiary/aromatic N) is 1. The second-order valence-corrected chi connectivity index (χ2v) is 10.00. The third-order valence-electron chi connectivity index (χ3n) is 5.53. The van der Waals surface area contributed by atoms with E-state index in [9.17, 15) is 9.59 Å². The zero-order chi connectivity index (χ0) is 20.7. The van der Waals surface area contributed by atoms with Crippen molar-refractivity contribution in [3.8, 4) is 5.00 Å². The van der Waals surface area contributed by atoms with Crippen molar-refractivity contribution < 1.29 is 9.59 Å². The minimum atomic E-state index is -0.106. The number of aromatic nitrogens is 1. The number of fused-ring (bicyclic) bond motifs is 1. The molecule has 0 spiro atoms. The van der Waals surface area contributed by atoms with Gasteiger partial charge in [0.1, 0.15) is 5.00 Å². The molecule has 1 aliphatic carbocycles. The maximum Gasteiger partial charge on any atom is 0.258 e. The number of benzene rings is 1. The predicted molar refractivity (Wildman–Crippen MR) is 123 cm³/mol. The van der Waals surface area contributed by atoms with Crippen LogP contribution in [0.5, 0.6) is 0 Å². The Morgan fingerprint density at radius 1 is 1.13 bits per heavy atom. The second kappa shape index (κ2) is 7.96. The van der Waals surface area contributed by atoms with Crippen LogP contribution in [0.4, 0.5) is 5.69 Å². The molecule has 0 saturated heterocycles. The van der Waals surface area contributed by atoms with Crippen molar-refractivity contribution in [2.24, 2.45) is 0 Å². The highest BCUT2D eigenvalue weighted by Gasteiger charge is 2.27. The van der Waals surface area contributed by atoms with E-state index in [-0.39, 0.29) is 11.8 Å². The Labute approximate surface area is 183 Å². The SMILES string of the molecule is Cc1ccc(C(=O)NC2CC2)cc1NC(=O)c1c(-n2cccc2)sc2c1CCSC2. The number of hydrogen-bond donors (Lipinski definition) is 2. The lowest BCUT2D eigenvalue weighted by molar-refractivity contribution is 0.0949. The Hall–Kier alpha value is -2.51. The molecule has 5 rings (SSSR count). The van der Waals surface area contributed by atoms with Gasteiger partial charge in [-0.15, -0.1) is 11.3 Å². The van der Waals surface area contributed by atoms with Crippen LogP contribution in [0.3, 0.4) is 0 Å². The third kappa shape index (κ3) is 3.79. The molecule has 5 nitrogen and oxygen atoms in total. The summed E-state index contributed by atoms with van der Waals surface area (Å²) in [5.74, 6) is 1.81. The number of nitrogens with one attached hydrogen (secondary N) is 2. The van der Waals surface area contributed by atoms with Gasteiger partial charge in [-0.05, 0) is 67.3 Å². The molecule has 1 aliphatic heterocycles. The van der Waals surface area contributed by atoms with E-state index in [1.54, 1.807) is 17.4 Å². The fraction of sp³-hybridized carbons (Fsp3) is 0.304. The molecular formula is C23H23N3O2S2. The van der Waals surface area contributed by atoms with Gasteiger partial charge in [0.15, 0.2) is 0 Å². The molecule has 3 heterocycles. The minimum absolute atomic E-state index is 0.0778. The van der Waals surface area contributed by atoms with E-state index in [1.807, 2.05) is 59.9 Å². The van der Waals surface area contributed by atoms with Gasteiger partial charge in [-0.2, -0.15) is 11.8 Å². The fourth-order valence-corrected chi connectivity index (χ4v) is 6.13. The van der Waals surface area contributed by atoms with E-state index in [4.69, 9.17) is 0 Å². The summed E-state index contributed by atoms with van der Waals surface area (Å²) in [4.78, 5) is 27.2. The number of anilines is 1. The highest BCUT2D eigenvalue weighted by Crippen LogP contribution is 2.38. The quantitative estimate of drug-likeness (QED) is 0.604. The van der Waals surface area contributed by atoms with Crippen molar-refractivity contribution in [3.05, 3.63) is 69.9 Å². The first-order valence-electron chi connectivity index (χ1n) is 10.2. The molecule has 2 N–H and O–H groups in total. The van der Waals surface area contributed by atoms with E-state index >= 15 is 0 Å². The lowest BCUT2D eigenvalue weighted by Gasteiger charge is -2.15. The van der Waals surface area contributed by atoms with Gasteiger partial charge in [0, 0.05) is 40.3 Å². The van der Waals surface area contributed by atoms with Crippen molar-refractivity contribution in [2.45, 2.75) is 38.0 Å². The summed E-state index contributed by atoms with van der Waals surface area (Å²) >= 11 is 3.62. The van der Waals surface area contributed by atoms with Crippen molar-refractivity contribution in [1.29, 1.82) is 0 Å². The van der Waals surface area contributed by atoms with Crippen LogP contribution in [-0.4, -0.2) is 28.2 Å². The molecule has 30 heavy (non-hydrogen) atoms. The molecule has 1 aromatic carbocycles. The average molecular weight is 438 g/mol. The van der Waals surface area contributed by atoms with Gasteiger partial charge in [-0.1, -0.05) is 6.07 Å². The molecule has 0 bridgehead atoms. The average Bonchev–Trinajstić information content (AvgIpc) is 3.25. The molecule has 0 unspecified atom stereocenters. The molecule has 2 amide bonds. The zero-order valence-corrected chi connectivity index (χ0v) is 18.4. The number of thiophene rings is 1. The second-order valence-electron chi connectivity index (χ2n) is 7.81. The van der Waals surface area contributed by atoms with E-state index in [0.29, 0.717) is 17.3 Å². The Balaban J connectivity index is 1.47. The monoisotopic (exact) mass is 437 g/mol. The smallest absolute Gasteiger partial charge is 0.258 e. The zero-order valence-electron chi connectivity index (χ0n) is 16.7. The van der Waals surface area contributed by atoms with Crippen LogP contribution in [0.15, 0.2) is 42.7 Å². The number of thioether (sulfide) groups is 1. The number of rotatable bonds is 5. The van der Waals surface area contributed by atoms with E-state index in [0.717, 1.165) is 46.9 Å².